The number of hydrogen-bond acceptors (Lipinski definition) is 4. The Morgan fingerprint density at radius 3 is 1.95 bits per heavy atom. The van der Waals surface area contributed by atoms with E-state index < -0.39 is 20.7 Å². The lowest BCUT2D eigenvalue weighted by atomic mass is 10.2. The monoisotopic (exact) mass is 317 g/mol. The van der Waals surface area contributed by atoms with E-state index in [-0.39, 0.29) is 11.1 Å². The normalized spacial score (nSPS) is 15.7. The summed E-state index contributed by atoms with van der Waals surface area (Å²) in [6.45, 7) is 17.5. The number of nitrogens with zero attached hydrogens (tertiary/aromatic N) is 3. The first-order valence-corrected chi connectivity index (χ1v) is 10.5. The fourth-order valence-electron chi connectivity index (χ4n) is 1.61. The van der Waals surface area contributed by atoms with Gasteiger partial charge in [0.1, 0.15) is 6.10 Å². The second kappa shape index (κ2) is 8.75. The maximum atomic E-state index is 8.72. The summed E-state index contributed by atoms with van der Waals surface area (Å²) in [6, 6.07) is -0.354. The van der Waals surface area contributed by atoms with Gasteiger partial charge >= 0.3 is 0 Å². The molecule has 0 amide bonds. The van der Waals surface area contributed by atoms with Gasteiger partial charge in [0.2, 0.25) is 0 Å². The molecule has 0 heterocycles. The second-order valence-corrected chi connectivity index (χ2v) is 11.3. The Hall–Kier alpha value is -0.593. The van der Waals surface area contributed by atoms with Crippen LogP contribution in [0.4, 0.5) is 0 Å². The molecule has 0 N–H and O–H groups in total. The fourth-order valence-corrected chi connectivity index (χ4v) is 2.95. The number of ether oxygens (including phenoxy) is 2. The van der Waals surface area contributed by atoms with Crippen LogP contribution in [0.5, 0.6) is 0 Å². The van der Waals surface area contributed by atoms with Crippen LogP contribution in [0.15, 0.2) is 5.11 Å². The molecule has 0 aromatic rings. The van der Waals surface area contributed by atoms with Crippen LogP contribution in [0.3, 0.4) is 0 Å². The summed E-state index contributed by atoms with van der Waals surface area (Å²) in [7, 11) is -2.02. The SMILES string of the molecule is CCOC(OCC)[C@H](O[Si](C)(C)C(C)(C)C)[C@@H](C)N=[N+]=[N-]. The van der Waals surface area contributed by atoms with Crippen LogP contribution in [0.2, 0.25) is 18.1 Å². The third-order valence-corrected chi connectivity index (χ3v) is 8.35. The quantitative estimate of drug-likeness (QED) is 0.207. The predicted molar refractivity (Wildman–Crippen MR) is 87.7 cm³/mol. The number of hydrogen-bond donors (Lipinski definition) is 0. The van der Waals surface area contributed by atoms with Gasteiger partial charge in [-0.25, -0.2) is 0 Å². The Balaban J connectivity index is 5.35. The fraction of sp³-hybridized carbons (Fsp3) is 1.00. The summed E-state index contributed by atoms with van der Waals surface area (Å²) in [5, 5.41) is 3.85. The maximum absolute atomic E-state index is 8.72. The molecular weight excluding hydrogens is 286 g/mol. The summed E-state index contributed by atoms with van der Waals surface area (Å²) in [4.78, 5) is 2.90. The third kappa shape index (κ3) is 6.36. The molecule has 0 unspecified atom stereocenters. The first-order valence-electron chi connectivity index (χ1n) is 7.56. The van der Waals surface area contributed by atoms with E-state index in [0.717, 1.165) is 0 Å². The van der Waals surface area contributed by atoms with Gasteiger partial charge in [-0.15, -0.1) is 0 Å². The Bertz CT molecular complexity index is 346. The van der Waals surface area contributed by atoms with Gasteiger partial charge in [-0.3, -0.25) is 0 Å². The van der Waals surface area contributed by atoms with Gasteiger partial charge in [0.25, 0.3) is 0 Å². The standard InChI is InChI=1S/C14H31N3O3Si/c1-9-18-13(19-10-2)12(11(3)16-17-15)20-21(7,8)14(4,5)6/h11-13H,9-10H2,1-8H3/t11-,12-/m1/s1. The zero-order valence-electron chi connectivity index (χ0n) is 14.7. The van der Waals surface area contributed by atoms with Gasteiger partial charge in [-0.1, -0.05) is 32.8 Å². The van der Waals surface area contributed by atoms with Crippen LogP contribution in [-0.4, -0.2) is 40.0 Å². The van der Waals surface area contributed by atoms with Crippen molar-refractivity contribution < 1.29 is 13.9 Å². The Kier molecular flexibility index (Phi) is 8.51. The molecule has 0 aliphatic heterocycles. The molecule has 21 heavy (non-hydrogen) atoms. The molecule has 0 spiro atoms. The number of azide groups is 1. The lowest BCUT2D eigenvalue weighted by Crippen LogP contribution is -2.51. The lowest BCUT2D eigenvalue weighted by molar-refractivity contribution is -0.188. The van der Waals surface area contributed by atoms with Crippen LogP contribution in [-0.2, 0) is 13.9 Å². The van der Waals surface area contributed by atoms with E-state index >= 15 is 0 Å². The van der Waals surface area contributed by atoms with E-state index in [1.807, 2.05) is 20.8 Å². The van der Waals surface area contributed by atoms with Crippen LogP contribution >= 0.6 is 0 Å². The maximum Gasteiger partial charge on any atom is 0.192 e. The van der Waals surface area contributed by atoms with Crippen LogP contribution in [0.1, 0.15) is 41.5 Å². The molecule has 0 rings (SSSR count). The van der Waals surface area contributed by atoms with E-state index in [1.165, 1.54) is 0 Å². The predicted octanol–water partition coefficient (Wildman–Crippen LogP) is 4.47. The molecule has 2 atom stereocenters. The lowest BCUT2D eigenvalue weighted by Gasteiger charge is -2.42. The van der Waals surface area contributed by atoms with Crippen molar-refractivity contribution >= 4 is 8.32 Å². The molecule has 0 bridgehead atoms. The van der Waals surface area contributed by atoms with Crippen LogP contribution in [0, 0.1) is 0 Å². The van der Waals surface area contributed by atoms with Crippen molar-refractivity contribution in [3.8, 4) is 0 Å². The largest absolute Gasteiger partial charge is 0.408 e. The molecule has 0 aromatic heterocycles. The van der Waals surface area contributed by atoms with Crippen molar-refractivity contribution in [2.24, 2.45) is 5.11 Å². The zero-order chi connectivity index (χ0) is 16.7. The van der Waals surface area contributed by atoms with E-state index in [2.05, 4.69) is 43.9 Å². The van der Waals surface area contributed by atoms with Gasteiger partial charge in [0.15, 0.2) is 14.6 Å². The zero-order valence-corrected chi connectivity index (χ0v) is 15.7. The molecule has 0 aliphatic carbocycles. The van der Waals surface area contributed by atoms with E-state index in [0.29, 0.717) is 13.2 Å². The van der Waals surface area contributed by atoms with Crippen molar-refractivity contribution in [2.75, 3.05) is 13.2 Å². The van der Waals surface area contributed by atoms with Gasteiger partial charge < -0.3 is 13.9 Å². The van der Waals surface area contributed by atoms with Gasteiger partial charge in [-0.2, -0.15) is 0 Å². The van der Waals surface area contributed by atoms with Crippen molar-refractivity contribution in [1.82, 2.24) is 0 Å². The van der Waals surface area contributed by atoms with Crippen LogP contribution < -0.4 is 0 Å². The molecule has 0 saturated heterocycles. The smallest absolute Gasteiger partial charge is 0.192 e. The average Bonchev–Trinajstić information content (AvgIpc) is 2.34. The molecule has 7 heteroatoms. The molecule has 0 fully saturated rings. The van der Waals surface area contributed by atoms with Gasteiger partial charge in [0.05, 0.1) is 6.04 Å². The highest BCUT2D eigenvalue weighted by atomic mass is 28.4. The van der Waals surface area contributed by atoms with E-state index in [9.17, 15) is 0 Å². The highest BCUT2D eigenvalue weighted by Gasteiger charge is 2.42. The molecule has 0 radical (unpaired) electrons. The summed E-state index contributed by atoms with van der Waals surface area (Å²) < 4.78 is 17.7. The first kappa shape index (κ1) is 20.4. The number of rotatable bonds is 9. The highest BCUT2D eigenvalue weighted by molar-refractivity contribution is 6.74. The minimum atomic E-state index is -2.02. The second-order valence-electron chi connectivity index (χ2n) is 6.57. The molecule has 0 aromatic carbocycles. The van der Waals surface area contributed by atoms with Crippen molar-refractivity contribution in [1.29, 1.82) is 0 Å². The van der Waals surface area contributed by atoms with E-state index in [4.69, 9.17) is 19.4 Å². The van der Waals surface area contributed by atoms with E-state index in [1.54, 1.807) is 0 Å². The van der Waals surface area contributed by atoms with Gasteiger partial charge in [0, 0.05) is 18.1 Å². The average molecular weight is 318 g/mol. The summed E-state index contributed by atoms with van der Waals surface area (Å²) in [5.74, 6) is 0. The van der Waals surface area contributed by atoms with Crippen molar-refractivity contribution in [2.45, 2.75) is 78.1 Å². The Morgan fingerprint density at radius 1 is 1.14 bits per heavy atom. The summed E-state index contributed by atoms with van der Waals surface area (Å²) in [5.41, 5.74) is 8.72. The molecular formula is C14H31N3O3Si. The Labute approximate surface area is 129 Å². The van der Waals surface area contributed by atoms with Crippen molar-refractivity contribution in [3.05, 3.63) is 10.4 Å². The topological polar surface area (TPSA) is 76.5 Å². The molecule has 6 nitrogen and oxygen atoms in total. The van der Waals surface area contributed by atoms with Crippen LogP contribution in [0.25, 0.3) is 10.4 Å². The highest BCUT2D eigenvalue weighted by Crippen LogP contribution is 2.38. The van der Waals surface area contributed by atoms with Crippen molar-refractivity contribution in [3.63, 3.8) is 0 Å². The summed E-state index contributed by atoms with van der Waals surface area (Å²) in [6.07, 6.45) is -0.920. The molecule has 124 valence electrons. The first-order chi connectivity index (χ1) is 9.60. The molecule has 0 saturated carbocycles. The summed E-state index contributed by atoms with van der Waals surface area (Å²) >= 11 is 0. The minimum absolute atomic E-state index is 0.0598. The third-order valence-electron chi connectivity index (χ3n) is 3.88. The minimum Gasteiger partial charge on any atom is -0.408 e. The Morgan fingerprint density at radius 2 is 1.62 bits per heavy atom. The molecule has 0 aliphatic rings. The van der Waals surface area contributed by atoms with Gasteiger partial charge in [-0.05, 0) is 37.5 Å².